The van der Waals surface area contributed by atoms with Crippen LogP contribution in [0.15, 0.2) is 54.6 Å². The first-order chi connectivity index (χ1) is 13.0. The molecule has 0 saturated heterocycles. The number of benzene rings is 2. The Bertz CT molecular complexity index is 1070. The summed E-state index contributed by atoms with van der Waals surface area (Å²) in [5.74, 6) is 3.03. The highest BCUT2D eigenvalue weighted by molar-refractivity contribution is 5.80. The van der Waals surface area contributed by atoms with Gasteiger partial charge in [-0.15, -0.1) is 0 Å². The van der Waals surface area contributed by atoms with Gasteiger partial charge in [0.25, 0.3) is 5.78 Å². The average Bonchev–Trinajstić information content (AvgIpc) is 3.21. The molecule has 0 aliphatic heterocycles. The number of imidazole rings is 1. The molecule has 6 nitrogen and oxygen atoms in total. The van der Waals surface area contributed by atoms with Gasteiger partial charge in [0.1, 0.15) is 11.4 Å². The smallest absolute Gasteiger partial charge is 0.253 e. The number of hydrogen-bond acceptors (Lipinski definition) is 4. The number of methoxy groups -OCH3 is 1. The fourth-order valence-corrected chi connectivity index (χ4v) is 3.04. The lowest BCUT2D eigenvalue weighted by Crippen LogP contribution is -2.27. The summed E-state index contributed by atoms with van der Waals surface area (Å²) in [5, 5.41) is 6.93. The van der Waals surface area contributed by atoms with Crippen LogP contribution in [0.4, 0.5) is 5.82 Å². The van der Waals surface area contributed by atoms with Crippen molar-refractivity contribution in [1.29, 1.82) is 0 Å². The van der Waals surface area contributed by atoms with Gasteiger partial charge in [0.15, 0.2) is 11.6 Å². The molecule has 0 amide bonds. The molecule has 27 heavy (non-hydrogen) atoms. The minimum atomic E-state index is -0.148. The van der Waals surface area contributed by atoms with Crippen molar-refractivity contribution in [3.05, 3.63) is 54.6 Å². The molecule has 0 aliphatic carbocycles. The van der Waals surface area contributed by atoms with Crippen LogP contribution in [0.1, 0.15) is 20.8 Å². The van der Waals surface area contributed by atoms with Gasteiger partial charge < -0.3 is 10.1 Å². The molecule has 0 aliphatic rings. The fraction of sp³-hybridized carbons (Fsp3) is 0.238. The summed E-state index contributed by atoms with van der Waals surface area (Å²) in [6.45, 7) is 6.35. The van der Waals surface area contributed by atoms with E-state index in [0.29, 0.717) is 5.78 Å². The molecule has 6 heteroatoms. The zero-order valence-electron chi connectivity index (χ0n) is 15.9. The molecule has 2 aromatic carbocycles. The van der Waals surface area contributed by atoms with E-state index in [4.69, 9.17) is 14.7 Å². The quantitative estimate of drug-likeness (QED) is 0.557. The maximum absolute atomic E-state index is 5.54. The number of H-pyrrole nitrogens is 1. The summed E-state index contributed by atoms with van der Waals surface area (Å²) in [5.41, 5.74) is 2.60. The lowest BCUT2D eigenvalue weighted by atomic mass is 10.1. The number of fused-ring (bicyclic) bond motifs is 1. The molecule has 4 rings (SSSR count). The van der Waals surface area contributed by atoms with Crippen LogP contribution in [0.3, 0.4) is 0 Å². The van der Waals surface area contributed by atoms with Gasteiger partial charge in [-0.2, -0.15) is 4.98 Å². The maximum Gasteiger partial charge on any atom is 0.253 e. The Labute approximate surface area is 158 Å². The summed E-state index contributed by atoms with van der Waals surface area (Å²) in [6.07, 6.45) is 0. The molecule has 0 bridgehead atoms. The standard InChI is InChI=1S/C21H23N5O/c1-21(2,3)24-19-17(15-12-8-9-13-16(15)27-4)22-20-23-18(25-26(19)20)14-10-6-5-7-11-14/h5-13,24H,1-4H3,(H,22,23,25). The van der Waals surface area contributed by atoms with Gasteiger partial charge in [-0.1, -0.05) is 42.5 Å². The van der Waals surface area contributed by atoms with Gasteiger partial charge in [0.05, 0.1) is 7.11 Å². The number of aromatic nitrogens is 4. The lowest BCUT2D eigenvalue weighted by Gasteiger charge is -2.22. The third-order valence-corrected chi connectivity index (χ3v) is 4.19. The highest BCUT2D eigenvalue weighted by atomic mass is 16.5. The van der Waals surface area contributed by atoms with Crippen molar-refractivity contribution in [2.75, 3.05) is 12.4 Å². The monoisotopic (exact) mass is 361 g/mol. The van der Waals surface area contributed by atoms with Crippen molar-refractivity contribution in [3.63, 3.8) is 0 Å². The van der Waals surface area contributed by atoms with E-state index in [1.54, 1.807) is 7.11 Å². The topological polar surface area (TPSA) is 67.2 Å². The van der Waals surface area contributed by atoms with Gasteiger partial charge in [-0.05, 0) is 32.9 Å². The van der Waals surface area contributed by atoms with Crippen LogP contribution in [-0.2, 0) is 0 Å². The Morgan fingerprint density at radius 1 is 0.963 bits per heavy atom. The first kappa shape index (κ1) is 17.1. The Balaban J connectivity index is 1.91. The summed E-state index contributed by atoms with van der Waals surface area (Å²) in [4.78, 5) is 9.49. The molecule has 0 unspecified atom stereocenters. The van der Waals surface area contributed by atoms with Crippen LogP contribution in [-0.4, -0.2) is 32.2 Å². The lowest BCUT2D eigenvalue weighted by molar-refractivity contribution is 0.416. The van der Waals surface area contributed by atoms with Crippen molar-refractivity contribution in [2.45, 2.75) is 26.3 Å². The van der Waals surface area contributed by atoms with E-state index in [-0.39, 0.29) is 5.54 Å². The van der Waals surface area contributed by atoms with Gasteiger partial charge in [-0.3, -0.25) is 5.10 Å². The van der Waals surface area contributed by atoms with Crippen LogP contribution in [0.25, 0.3) is 28.4 Å². The van der Waals surface area contributed by atoms with Crippen molar-refractivity contribution in [1.82, 2.24) is 19.6 Å². The second kappa shape index (κ2) is 6.46. The SMILES string of the molecule is COc1ccccc1-c1nc2nc(-c3ccccc3)[nH]n2c1NC(C)(C)C. The number of nitrogens with zero attached hydrogens (tertiary/aromatic N) is 3. The van der Waals surface area contributed by atoms with Crippen LogP contribution < -0.4 is 10.1 Å². The predicted molar refractivity (Wildman–Crippen MR) is 108 cm³/mol. The molecule has 138 valence electrons. The van der Waals surface area contributed by atoms with Crippen LogP contribution in [0.5, 0.6) is 5.75 Å². The minimum Gasteiger partial charge on any atom is -0.496 e. The van der Waals surface area contributed by atoms with Gasteiger partial charge in [0, 0.05) is 16.7 Å². The number of hydrogen-bond donors (Lipinski definition) is 2. The van der Waals surface area contributed by atoms with E-state index >= 15 is 0 Å². The molecule has 0 spiro atoms. The largest absolute Gasteiger partial charge is 0.496 e. The Hall–Kier alpha value is -3.28. The molecule has 0 saturated carbocycles. The molecule has 0 radical (unpaired) electrons. The predicted octanol–water partition coefficient (Wildman–Crippen LogP) is 4.61. The number of ether oxygens (including phenoxy) is 1. The molecular weight excluding hydrogens is 338 g/mol. The molecular formula is C21H23N5O. The second-order valence-electron chi connectivity index (χ2n) is 7.46. The number of rotatable bonds is 4. The van der Waals surface area contributed by atoms with Crippen molar-refractivity contribution in [3.8, 4) is 28.4 Å². The van der Waals surface area contributed by atoms with E-state index in [2.05, 4.69) is 31.2 Å². The summed E-state index contributed by atoms with van der Waals surface area (Å²) < 4.78 is 7.44. The van der Waals surface area contributed by atoms with Crippen molar-refractivity contribution in [2.24, 2.45) is 0 Å². The van der Waals surface area contributed by atoms with E-state index in [1.165, 1.54) is 0 Å². The Kier molecular flexibility index (Phi) is 4.11. The van der Waals surface area contributed by atoms with E-state index in [1.807, 2.05) is 59.1 Å². The molecule has 0 atom stereocenters. The third-order valence-electron chi connectivity index (χ3n) is 4.19. The number of nitrogens with one attached hydrogen (secondary N) is 2. The van der Waals surface area contributed by atoms with Gasteiger partial charge in [0.2, 0.25) is 0 Å². The van der Waals surface area contributed by atoms with E-state index in [0.717, 1.165) is 34.2 Å². The second-order valence-corrected chi connectivity index (χ2v) is 7.46. The average molecular weight is 361 g/mol. The van der Waals surface area contributed by atoms with E-state index in [9.17, 15) is 0 Å². The number of aromatic amines is 1. The zero-order valence-corrected chi connectivity index (χ0v) is 15.9. The maximum atomic E-state index is 5.54. The number of anilines is 1. The molecule has 4 aromatic rings. The Morgan fingerprint density at radius 3 is 2.37 bits per heavy atom. The number of para-hydroxylation sites is 1. The van der Waals surface area contributed by atoms with Crippen LogP contribution >= 0.6 is 0 Å². The Morgan fingerprint density at radius 2 is 1.67 bits per heavy atom. The normalized spacial score (nSPS) is 11.7. The highest BCUT2D eigenvalue weighted by Crippen LogP contribution is 2.36. The molecule has 2 aromatic heterocycles. The first-order valence-corrected chi connectivity index (χ1v) is 8.92. The van der Waals surface area contributed by atoms with E-state index < -0.39 is 0 Å². The molecule has 2 N–H and O–H groups in total. The van der Waals surface area contributed by atoms with Crippen molar-refractivity contribution < 1.29 is 4.74 Å². The van der Waals surface area contributed by atoms with Gasteiger partial charge >= 0.3 is 0 Å². The third kappa shape index (κ3) is 3.26. The molecule has 0 fully saturated rings. The molecule has 2 heterocycles. The van der Waals surface area contributed by atoms with Crippen LogP contribution in [0, 0.1) is 0 Å². The summed E-state index contributed by atoms with van der Waals surface area (Å²) >= 11 is 0. The first-order valence-electron chi connectivity index (χ1n) is 8.92. The van der Waals surface area contributed by atoms with Crippen molar-refractivity contribution >= 4 is 11.6 Å². The van der Waals surface area contributed by atoms with Gasteiger partial charge in [-0.25, -0.2) is 9.50 Å². The zero-order chi connectivity index (χ0) is 19.0. The highest BCUT2D eigenvalue weighted by Gasteiger charge is 2.23. The summed E-state index contributed by atoms with van der Waals surface area (Å²) in [6, 6.07) is 17.9. The fourth-order valence-electron chi connectivity index (χ4n) is 3.04. The minimum absolute atomic E-state index is 0.148. The summed E-state index contributed by atoms with van der Waals surface area (Å²) in [7, 11) is 1.67. The van der Waals surface area contributed by atoms with Crippen LogP contribution in [0.2, 0.25) is 0 Å².